The Morgan fingerprint density at radius 2 is 1.78 bits per heavy atom. The first-order valence-corrected chi connectivity index (χ1v) is 10.2. The molecule has 1 heterocycles. The highest BCUT2D eigenvalue weighted by Gasteiger charge is 2.09. The van der Waals surface area contributed by atoms with E-state index in [0.29, 0.717) is 28.8 Å². The summed E-state index contributed by atoms with van der Waals surface area (Å²) in [6.07, 6.45) is 1.47. The van der Waals surface area contributed by atoms with Crippen molar-refractivity contribution in [2.45, 2.75) is 13.5 Å². The molecule has 7 heteroatoms. The molecule has 3 aromatic carbocycles. The Kier molecular flexibility index (Phi) is 5.89. The minimum absolute atomic E-state index is 0.383. The van der Waals surface area contributed by atoms with Crippen LogP contribution in [0.2, 0.25) is 0 Å². The molecule has 1 N–H and O–H groups in total. The van der Waals surface area contributed by atoms with Gasteiger partial charge in [0.25, 0.3) is 5.56 Å². The number of rotatable bonds is 6. The van der Waals surface area contributed by atoms with Gasteiger partial charge in [-0.05, 0) is 36.8 Å². The van der Waals surface area contributed by atoms with Crippen molar-refractivity contribution in [2.75, 3.05) is 19.0 Å². The number of fused-ring (bicyclic) bond motifs is 1. The van der Waals surface area contributed by atoms with Gasteiger partial charge < -0.3 is 14.6 Å². The van der Waals surface area contributed by atoms with Crippen LogP contribution in [0, 0.1) is 6.92 Å². The highest BCUT2D eigenvalue weighted by atomic mass is 16.5. The monoisotopic (exact) mass is 428 g/mol. The summed E-state index contributed by atoms with van der Waals surface area (Å²) in [5.41, 5.74) is 3.23. The van der Waals surface area contributed by atoms with Crippen molar-refractivity contribution in [3.63, 3.8) is 0 Å². The van der Waals surface area contributed by atoms with Gasteiger partial charge in [-0.2, -0.15) is 5.10 Å². The molecular formula is C25H24N4O3. The van der Waals surface area contributed by atoms with Crippen molar-refractivity contribution < 1.29 is 4.74 Å². The summed E-state index contributed by atoms with van der Waals surface area (Å²) in [6, 6.07) is 20.6. The van der Waals surface area contributed by atoms with Crippen molar-refractivity contribution in [1.29, 1.82) is 0 Å². The van der Waals surface area contributed by atoms with Crippen LogP contribution in [0.25, 0.3) is 10.9 Å². The van der Waals surface area contributed by atoms with Crippen LogP contribution in [0.5, 0.6) is 5.75 Å². The molecule has 0 amide bonds. The average molecular weight is 428 g/mol. The first kappa shape index (κ1) is 21.1. The Morgan fingerprint density at radius 1 is 1.03 bits per heavy atom. The summed E-state index contributed by atoms with van der Waals surface area (Å²) >= 11 is 0. The summed E-state index contributed by atoms with van der Waals surface area (Å²) in [5.74, 6) is 0.603. The normalized spacial score (nSPS) is 11.2. The average Bonchev–Trinajstić information content (AvgIpc) is 2.79. The van der Waals surface area contributed by atoms with Gasteiger partial charge in [0.2, 0.25) is 0 Å². The number of nitrogens with zero attached hydrogens (tertiary/aromatic N) is 3. The summed E-state index contributed by atoms with van der Waals surface area (Å²) in [4.78, 5) is 29.8. The zero-order valence-corrected chi connectivity index (χ0v) is 18.2. The van der Waals surface area contributed by atoms with Crippen molar-refractivity contribution in [1.82, 2.24) is 9.66 Å². The first-order valence-electron chi connectivity index (χ1n) is 10.2. The van der Waals surface area contributed by atoms with Crippen LogP contribution in [0.1, 0.15) is 16.7 Å². The molecule has 4 rings (SSSR count). The van der Waals surface area contributed by atoms with Crippen molar-refractivity contribution >= 4 is 22.8 Å². The summed E-state index contributed by atoms with van der Waals surface area (Å²) in [7, 11) is 3.89. The highest BCUT2D eigenvalue weighted by Crippen LogP contribution is 2.25. The molecule has 0 fully saturated rings. The maximum atomic E-state index is 12.7. The molecule has 4 aromatic rings. The van der Waals surface area contributed by atoms with Gasteiger partial charge in [-0.3, -0.25) is 4.79 Å². The van der Waals surface area contributed by atoms with E-state index < -0.39 is 11.2 Å². The number of aromatic nitrogens is 2. The third-order valence-electron chi connectivity index (χ3n) is 5.12. The molecule has 0 saturated heterocycles. The molecule has 162 valence electrons. The number of anilines is 1. The van der Waals surface area contributed by atoms with Crippen LogP contribution in [0.4, 0.5) is 5.69 Å². The predicted molar refractivity (Wildman–Crippen MR) is 128 cm³/mol. The molecule has 0 aliphatic carbocycles. The SMILES string of the molecule is Cc1ccc(COc2cc(N(C)C)ccc2C=Nn2c(=O)[nH]c3ccccc3c2=O)cc1. The molecule has 7 nitrogen and oxygen atoms in total. The Labute approximate surface area is 185 Å². The molecule has 0 bridgehead atoms. The number of nitrogens with one attached hydrogen (secondary N) is 1. The Balaban J connectivity index is 1.69. The highest BCUT2D eigenvalue weighted by molar-refractivity contribution is 5.85. The fourth-order valence-electron chi connectivity index (χ4n) is 3.26. The van der Waals surface area contributed by atoms with Gasteiger partial charge in [-0.25, -0.2) is 4.79 Å². The lowest BCUT2D eigenvalue weighted by atomic mass is 10.1. The van der Waals surface area contributed by atoms with Crippen LogP contribution in [0.3, 0.4) is 0 Å². The van der Waals surface area contributed by atoms with Gasteiger partial charge in [-0.1, -0.05) is 42.0 Å². The maximum Gasteiger partial charge on any atom is 0.349 e. The number of ether oxygens (including phenoxy) is 1. The maximum absolute atomic E-state index is 12.7. The van der Waals surface area contributed by atoms with Gasteiger partial charge in [0.05, 0.1) is 17.1 Å². The zero-order chi connectivity index (χ0) is 22.7. The molecule has 0 radical (unpaired) electrons. The third-order valence-corrected chi connectivity index (χ3v) is 5.12. The number of benzene rings is 3. The Bertz CT molecular complexity index is 1400. The fourth-order valence-corrected chi connectivity index (χ4v) is 3.26. The van der Waals surface area contributed by atoms with Gasteiger partial charge >= 0.3 is 5.69 Å². The third kappa shape index (κ3) is 4.46. The molecular weight excluding hydrogens is 404 g/mol. The fraction of sp³-hybridized carbons (Fsp3) is 0.160. The first-order chi connectivity index (χ1) is 15.4. The molecule has 0 aliphatic rings. The quantitative estimate of drug-likeness (QED) is 0.477. The molecule has 0 spiro atoms. The molecule has 0 atom stereocenters. The van der Waals surface area contributed by atoms with E-state index in [9.17, 15) is 9.59 Å². The summed E-state index contributed by atoms with van der Waals surface area (Å²) in [6.45, 7) is 2.42. The van der Waals surface area contributed by atoms with Gasteiger partial charge in [0, 0.05) is 31.4 Å². The van der Waals surface area contributed by atoms with E-state index >= 15 is 0 Å². The topological polar surface area (TPSA) is 79.7 Å². The Hall–Kier alpha value is -4.13. The number of hydrogen-bond donors (Lipinski definition) is 1. The Morgan fingerprint density at radius 3 is 2.53 bits per heavy atom. The van der Waals surface area contributed by atoms with E-state index in [1.54, 1.807) is 24.3 Å². The smallest absolute Gasteiger partial charge is 0.349 e. The lowest BCUT2D eigenvalue weighted by Gasteiger charge is -2.16. The minimum atomic E-state index is -0.600. The van der Waals surface area contributed by atoms with Crippen molar-refractivity contribution in [3.8, 4) is 5.75 Å². The number of para-hydroxylation sites is 1. The summed E-state index contributed by atoms with van der Waals surface area (Å²) < 4.78 is 6.91. The molecule has 0 saturated carbocycles. The second-order valence-electron chi connectivity index (χ2n) is 7.73. The van der Waals surface area contributed by atoms with Gasteiger partial charge in [-0.15, -0.1) is 4.68 Å². The van der Waals surface area contributed by atoms with Crippen molar-refractivity contribution in [3.05, 3.63) is 104 Å². The van der Waals surface area contributed by atoms with E-state index in [2.05, 4.69) is 10.1 Å². The number of aryl methyl sites for hydroxylation is 1. The lowest BCUT2D eigenvalue weighted by Crippen LogP contribution is -2.32. The molecule has 1 aromatic heterocycles. The number of aromatic amines is 1. The van der Waals surface area contributed by atoms with Gasteiger partial charge in [0.15, 0.2) is 0 Å². The van der Waals surface area contributed by atoms with Crippen LogP contribution in [-0.4, -0.2) is 30.0 Å². The van der Waals surface area contributed by atoms with Crippen molar-refractivity contribution in [2.24, 2.45) is 5.10 Å². The van der Waals surface area contributed by atoms with Crippen LogP contribution < -0.4 is 20.9 Å². The van der Waals surface area contributed by atoms with E-state index in [1.807, 2.05) is 68.4 Å². The van der Waals surface area contributed by atoms with Crippen LogP contribution in [0.15, 0.2) is 81.4 Å². The minimum Gasteiger partial charge on any atom is -0.488 e. The van der Waals surface area contributed by atoms with E-state index in [1.165, 1.54) is 11.8 Å². The molecule has 0 aliphatic heterocycles. The zero-order valence-electron chi connectivity index (χ0n) is 18.2. The van der Waals surface area contributed by atoms with E-state index in [4.69, 9.17) is 4.74 Å². The summed E-state index contributed by atoms with van der Waals surface area (Å²) in [5, 5.41) is 4.56. The number of H-pyrrole nitrogens is 1. The molecule has 0 unspecified atom stereocenters. The van der Waals surface area contributed by atoms with Crippen LogP contribution in [-0.2, 0) is 6.61 Å². The second-order valence-corrected chi connectivity index (χ2v) is 7.73. The van der Waals surface area contributed by atoms with Crippen LogP contribution >= 0.6 is 0 Å². The second kappa shape index (κ2) is 8.93. The predicted octanol–water partition coefficient (Wildman–Crippen LogP) is 3.53. The lowest BCUT2D eigenvalue weighted by molar-refractivity contribution is 0.306. The number of hydrogen-bond acceptors (Lipinski definition) is 5. The standard InChI is InChI=1S/C25H24N4O3/c1-17-8-10-18(11-9-17)16-32-23-14-20(28(2)3)13-12-19(23)15-26-29-24(30)21-6-4-5-7-22(21)27-25(29)31/h4-15H,16H2,1-3H3,(H,27,31). The van der Waals surface area contributed by atoms with E-state index in [0.717, 1.165) is 15.9 Å². The van der Waals surface area contributed by atoms with E-state index in [-0.39, 0.29) is 0 Å². The largest absolute Gasteiger partial charge is 0.488 e. The van der Waals surface area contributed by atoms with Gasteiger partial charge in [0.1, 0.15) is 12.4 Å². The molecule has 32 heavy (non-hydrogen) atoms.